The lowest BCUT2D eigenvalue weighted by Gasteiger charge is -2.06. The van der Waals surface area contributed by atoms with E-state index in [2.05, 4.69) is 15.3 Å². The van der Waals surface area contributed by atoms with Gasteiger partial charge in [-0.3, -0.25) is 4.79 Å². The van der Waals surface area contributed by atoms with Gasteiger partial charge in [0.2, 0.25) is 5.91 Å². The van der Waals surface area contributed by atoms with E-state index in [9.17, 15) is 4.79 Å². The Balaban J connectivity index is 1.98. The van der Waals surface area contributed by atoms with E-state index in [4.69, 9.17) is 17.3 Å². The largest absolute Gasteiger partial charge is 0.339 e. The van der Waals surface area contributed by atoms with E-state index in [0.717, 1.165) is 15.6 Å². The number of aromatic amines is 1. The topological polar surface area (TPSA) is 83.8 Å². The van der Waals surface area contributed by atoms with Gasteiger partial charge < -0.3 is 16.0 Å². The number of anilines is 1. The highest BCUT2D eigenvalue weighted by Crippen LogP contribution is 2.39. The Kier molecular flexibility index (Phi) is 2.77. The van der Waals surface area contributed by atoms with Crippen molar-refractivity contribution in [2.75, 3.05) is 5.32 Å². The zero-order valence-electron chi connectivity index (χ0n) is 9.11. The molecule has 1 aromatic carbocycles. The quantitative estimate of drug-likeness (QED) is 0.787. The van der Waals surface area contributed by atoms with Gasteiger partial charge in [-0.2, -0.15) is 0 Å². The van der Waals surface area contributed by atoms with E-state index in [-0.39, 0.29) is 5.91 Å². The number of hydrogen-bond donors (Lipinski definition) is 3. The number of nitrogens with zero attached hydrogens (tertiary/aromatic N) is 1. The van der Waals surface area contributed by atoms with Crippen molar-refractivity contribution >= 4 is 35.0 Å². The minimum Gasteiger partial charge on any atom is -0.339 e. The molecule has 0 bridgehead atoms. The number of hydrogen-bond acceptors (Lipinski definition) is 4. The summed E-state index contributed by atoms with van der Waals surface area (Å²) in [5, 5.41) is 4.03. The van der Waals surface area contributed by atoms with Crippen molar-refractivity contribution in [1.29, 1.82) is 0 Å². The van der Waals surface area contributed by atoms with Crippen LogP contribution in [0.25, 0.3) is 0 Å². The Hall–Kier alpha value is -1.50. The summed E-state index contributed by atoms with van der Waals surface area (Å²) < 4.78 is 0. The smallest absolute Gasteiger partial charge is 0.245 e. The Morgan fingerprint density at radius 2 is 2.28 bits per heavy atom. The summed E-state index contributed by atoms with van der Waals surface area (Å²) in [6, 6.07) is 2.90. The van der Waals surface area contributed by atoms with Gasteiger partial charge in [0.15, 0.2) is 5.16 Å². The summed E-state index contributed by atoms with van der Waals surface area (Å²) in [4.78, 5) is 19.4. The van der Waals surface area contributed by atoms with Crippen LogP contribution in [-0.4, -0.2) is 15.9 Å². The molecule has 0 saturated heterocycles. The second kappa shape index (κ2) is 4.31. The van der Waals surface area contributed by atoms with Crippen LogP contribution >= 0.6 is 23.4 Å². The van der Waals surface area contributed by atoms with Crippen molar-refractivity contribution < 1.29 is 4.79 Å². The fourth-order valence-corrected chi connectivity index (χ4v) is 2.84. The number of fused-ring (bicyclic) bond motifs is 1. The SMILES string of the molecule is NC1C(=O)Nc2cc(Sc3ncc[nH]3)c(Cl)cc21. The number of nitrogens with two attached hydrogens (primary N) is 1. The van der Waals surface area contributed by atoms with Crippen molar-refractivity contribution in [1.82, 2.24) is 9.97 Å². The lowest BCUT2D eigenvalue weighted by molar-refractivity contribution is -0.116. The first kappa shape index (κ1) is 11.6. The fourth-order valence-electron chi connectivity index (χ4n) is 1.78. The number of carbonyl (C=O) groups is 1. The summed E-state index contributed by atoms with van der Waals surface area (Å²) in [6.07, 6.45) is 3.41. The number of rotatable bonds is 2. The van der Waals surface area contributed by atoms with Crippen LogP contribution in [0.2, 0.25) is 5.02 Å². The van der Waals surface area contributed by atoms with E-state index in [1.807, 2.05) is 6.07 Å². The predicted octanol–water partition coefficient (Wildman–Crippen LogP) is 2.17. The maximum Gasteiger partial charge on any atom is 0.245 e. The van der Waals surface area contributed by atoms with Gasteiger partial charge in [-0.15, -0.1) is 0 Å². The van der Waals surface area contributed by atoms with Crippen molar-refractivity contribution in [2.24, 2.45) is 5.73 Å². The molecule has 2 aromatic rings. The summed E-state index contributed by atoms with van der Waals surface area (Å²) in [7, 11) is 0. The molecule has 1 aromatic heterocycles. The maximum atomic E-state index is 11.5. The number of imidazole rings is 1. The maximum absolute atomic E-state index is 11.5. The zero-order chi connectivity index (χ0) is 12.7. The van der Waals surface area contributed by atoms with Crippen LogP contribution in [0.4, 0.5) is 5.69 Å². The average molecular weight is 281 g/mol. The van der Waals surface area contributed by atoms with Gasteiger partial charge in [0.25, 0.3) is 0 Å². The van der Waals surface area contributed by atoms with Gasteiger partial charge >= 0.3 is 0 Å². The number of nitrogens with one attached hydrogen (secondary N) is 2. The van der Waals surface area contributed by atoms with E-state index in [1.54, 1.807) is 18.5 Å². The van der Waals surface area contributed by atoms with Gasteiger partial charge in [-0.25, -0.2) is 4.98 Å². The number of halogens is 1. The molecular weight excluding hydrogens is 272 g/mol. The third-order valence-corrected chi connectivity index (χ3v) is 4.06. The molecule has 92 valence electrons. The molecule has 1 atom stereocenters. The Bertz CT molecular complexity index is 614. The van der Waals surface area contributed by atoms with Crippen LogP contribution in [0.3, 0.4) is 0 Å². The molecule has 0 spiro atoms. The van der Waals surface area contributed by atoms with Crippen LogP contribution < -0.4 is 11.1 Å². The standard InChI is InChI=1S/C11H9ClN4OS/c12-6-3-5-7(16-10(17)9(5)13)4-8(6)18-11-14-1-2-15-11/h1-4,9H,13H2,(H,14,15)(H,16,17). The van der Waals surface area contributed by atoms with Crippen molar-refractivity contribution in [3.05, 3.63) is 35.1 Å². The zero-order valence-corrected chi connectivity index (χ0v) is 10.7. The minimum absolute atomic E-state index is 0.207. The molecule has 0 saturated carbocycles. The molecule has 0 aliphatic carbocycles. The van der Waals surface area contributed by atoms with Gasteiger partial charge in [0.05, 0.1) is 5.02 Å². The van der Waals surface area contributed by atoms with E-state index >= 15 is 0 Å². The Labute approximate surface area is 112 Å². The molecule has 5 nitrogen and oxygen atoms in total. The third-order valence-electron chi connectivity index (χ3n) is 2.66. The van der Waals surface area contributed by atoms with Crippen LogP contribution in [0, 0.1) is 0 Å². The molecular formula is C11H9ClN4OS. The van der Waals surface area contributed by atoms with Gasteiger partial charge in [-0.1, -0.05) is 23.4 Å². The molecule has 7 heteroatoms. The first-order valence-electron chi connectivity index (χ1n) is 5.22. The molecule has 1 amide bonds. The molecule has 0 radical (unpaired) electrons. The fraction of sp³-hybridized carbons (Fsp3) is 0.0909. The van der Waals surface area contributed by atoms with Gasteiger partial charge in [0, 0.05) is 28.5 Å². The second-order valence-electron chi connectivity index (χ2n) is 3.83. The molecule has 3 rings (SSSR count). The third kappa shape index (κ3) is 1.88. The second-order valence-corrected chi connectivity index (χ2v) is 5.27. The lowest BCUT2D eigenvalue weighted by Crippen LogP contribution is -2.19. The number of benzene rings is 1. The molecule has 18 heavy (non-hydrogen) atoms. The van der Waals surface area contributed by atoms with Gasteiger partial charge in [-0.05, 0) is 12.1 Å². The van der Waals surface area contributed by atoms with Crippen LogP contribution in [0.15, 0.2) is 34.6 Å². The van der Waals surface area contributed by atoms with E-state index in [1.165, 1.54) is 11.8 Å². The highest BCUT2D eigenvalue weighted by Gasteiger charge is 2.28. The first-order chi connectivity index (χ1) is 8.65. The van der Waals surface area contributed by atoms with Crippen molar-refractivity contribution in [2.45, 2.75) is 16.1 Å². The monoisotopic (exact) mass is 280 g/mol. The molecule has 1 aliphatic heterocycles. The minimum atomic E-state index is -0.639. The highest BCUT2D eigenvalue weighted by atomic mass is 35.5. The first-order valence-corrected chi connectivity index (χ1v) is 6.42. The van der Waals surface area contributed by atoms with Gasteiger partial charge in [0.1, 0.15) is 6.04 Å². The van der Waals surface area contributed by atoms with Crippen LogP contribution in [-0.2, 0) is 4.79 Å². The number of aromatic nitrogens is 2. The molecule has 0 fully saturated rings. The number of H-pyrrole nitrogens is 1. The average Bonchev–Trinajstić information content (AvgIpc) is 2.92. The number of carbonyl (C=O) groups excluding carboxylic acids is 1. The summed E-state index contributed by atoms with van der Waals surface area (Å²) >= 11 is 7.58. The number of amides is 1. The molecule has 2 heterocycles. The lowest BCUT2D eigenvalue weighted by atomic mass is 10.1. The molecule has 1 aliphatic rings. The Morgan fingerprint density at radius 1 is 1.44 bits per heavy atom. The van der Waals surface area contributed by atoms with Crippen LogP contribution in [0.5, 0.6) is 0 Å². The van der Waals surface area contributed by atoms with Crippen LogP contribution in [0.1, 0.15) is 11.6 Å². The van der Waals surface area contributed by atoms with E-state index < -0.39 is 6.04 Å². The summed E-state index contributed by atoms with van der Waals surface area (Å²) in [5.74, 6) is -0.207. The normalized spacial score (nSPS) is 17.7. The van der Waals surface area contributed by atoms with Crippen molar-refractivity contribution in [3.8, 4) is 0 Å². The highest BCUT2D eigenvalue weighted by molar-refractivity contribution is 7.99. The van der Waals surface area contributed by atoms with E-state index in [0.29, 0.717) is 10.7 Å². The molecule has 4 N–H and O–H groups in total. The molecule has 1 unspecified atom stereocenters. The summed E-state index contributed by atoms with van der Waals surface area (Å²) in [5.41, 5.74) is 7.19. The van der Waals surface area contributed by atoms with Crippen molar-refractivity contribution in [3.63, 3.8) is 0 Å². The predicted molar refractivity (Wildman–Crippen MR) is 69.7 cm³/mol. The Morgan fingerprint density at radius 3 is 3.00 bits per heavy atom. The summed E-state index contributed by atoms with van der Waals surface area (Å²) in [6.45, 7) is 0.